The summed E-state index contributed by atoms with van der Waals surface area (Å²) in [7, 11) is 0. The molecule has 106 valence electrons. The van der Waals surface area contributed by atoms with Crippen LogP contribution in [0.5, 0.6) is 5.75 Å². The number of esters is 1. The average Bonchev–Trinajstić information content (AvgIpc) is 2.35. The van der Waals surface area contributed by atoms with Gasteiger partial charge in [-0.05, 0) is 42.5 Å². The van der Waals surface area contributed by atoms with Crippen LogP contribution in [0.3, 0.4) is 0 Å². The summed E-state index contributed by atoms with van der Waals surface area (Å²) in [5.41, 5.74) is -0.205. The summed E-state index contributed by atoms with van der Waals surface area (Å²) < 4.78 is 10.4. The number of ether oxygens (including phenoxy) is 2. The Morgan fingerprint density at radius 3 is 2.70 bits per heavy atom. The Kier molecular flexibility index (Phi) is 5.69. The molecule has 1 aromatic carbocycles. The second-order valence-electron chi connectivity index (χ2n) is 4.00. The standard InChI is InChI=1S/C12H11IN2O5/c1-7(2)20-11(16)6-19-12-9(13)3-8(5-14)4-10(12)15(17)18/h3-4,7H,6H2,1-2H3. The smallest absolute Gasteiger partial charge is 0.344 e. The highest BCUT2D eigenvalue weighted by Crippen LogP contribution is 2.33. The number of nitriles is 1. The molecule has 0 radical (unpaired) electrons. The van der Waals surface area contributed by atoms with Gasteiger partial charge in [-0.25, -0.2) is 4.79 Å². The summed E-state index contributed by atoms with van der Waals surface area (Å²) >= 11 is 1.81. The van der Waals surface area contributed by atoms with E-state index in [2.05, 4.69) is 0 Å². The highest BCUT2D eigenvalue weighted by molar-refractivity contribution is 14.1. The monoisotopic (exact) mass is 390 g/mol. The van der Waals surface area contributed by atoms with Crippen molar-refractivity contribution in [3.63, 3.8) is 0 Å². The number of nitro benzene ring substituents is 1. The minimum absolute atomic E-state index is 0.0460. The van der Waals surface area contributed by atoms with Gasteiger partial charge in [-0.2, -0.15) is 5.26 Å². The third-order valence-electron chi connectivity index (χ3n) is 2.05. The Balaban J connectivity index is 2.97. The first-order valence-electron chi connectivity index (χ1n) is 5.55. The molecule has 0 N–H and O–H groups in total. The molecule has 0 heterocycles. The van der Waals surface area contributed by atoms with Crippen molar-refractivity contribution in [1.29, 1.82) is 5.26 Å². The van der Waals surface area contributed by atoms with Crippen molar-refractivity contribution in [3.05, 3.63) is 31.4 Å². The Hall–Kier alpha value is -1.89. The highest BCUT2D eigenvalue weighted by Gasteiger charge is 2.21. The molecule has 0 saturated carbocycles. The fourth-order valence-electron chi connectivity index (χ4n) is 1.35. The summed E-state index contributed by atoms with van der Waals surface area (Å²) in [6, 6.07) is 4.37. The fourth-order valence-corrected chi connectivity index (χ4v) is 2.12. The van der Waals surface area contributed by atoms with E-state index in [-0.39, 0.29) is 23.1 Å². The molecule has 0 unspecified atom stereocenters. The van der Waals surface area contributed by atoms with E-state index >= 15 is 0 Å². The fraction of sp³-hybridized carbons (Fsp3) is 0.333. The largest absolute Gasteiger partial charge is 0.474 e. The third kappa shape index (κ3) is 4.34. The van der Waals surface area contributed by atoms with E-state index in [4.69, 9.17) is 14.7 Å². The molecule has 7 nitrogen and oxygen atoms in total. The quantitative estimate of drug-likeness (QED) is 0.331. The number of hydrogen-bond acceptors (Lipinski definition) is 6. The normalized spacial score (nSPS) is 9.95. The molecule has 0 aromatic heterocycles. The van der Waals surface area contributed by atoms with Crippen LogP contribution < -0.4 is 4.74 Å². The summed E-state index contributed by atoms with van der Waals surface area (Å²) in [5.74, 6) is -0.662. The van der Waals surface area contributed by atoms with Crippen molar-refractivity contribution in [2.45, 2.75) is 20.0 Å². The first-order chi connectivity index (χ1) is 9.35. The van der Waals surface area contributed by atoms with Crippen molar-refractivity contribution in [2.75, 3.05) is 6.61 Å². The lowest BCUT2D eigenvalue weighted by atomic mass is 10.2. The van der Waals surface area contributed by atoms with Crippen molar-refractivity contribution in [3.8, 4) is 11.8 Å². The van der Waals surface area contributed by atoms with Gasteiger partial charge >= 0.3 is 11.7 Å². The van der Waals surface area contributed by atoms with E-state index in [0.717, 1.165) is 6.07 Å². The summed E-state index contributed by atoms with van der Waals surface area (Å²) in [6.07, 6.45) is -0.291. The molecule has 1 rings (SSSR count). The first-order valence-corrected chi connectivity index (χ1v) is 6.63. The van der Waals surface area contributed by atoms with Crippen molar-refractivity contribution >= 4 is 34.2 Å². The zero-order valence-corrected chi connectivity index (χ0v) is 12.9. The Morgan fingerprint density at radius 1 is 1.55 bits per heavy atom. The number of hydrogen-bond donors (Lipinski definition) is 0. The van der Waals surface area contributed by atoms with Crippen LogP contribution in [0.4, 0.5) is 5.69 Å². The van der Waals surface area contributed by atoms with Crippen molar-refractivity contribution in [2.24, 2.45) is 0 Å². The lowest BCUT2D eigenvalue weighted by Crippen LogP contribution is -2.19. The zero-order valence-electron chi connectivity index (χ0n) is 10.8. The van der Waals surface area contributed by atoms with Gasteiger partial charge in [0.2, 0.25) is 5.75 Å². The van der Waals surface area contributed by atoms with E-state index in [1.807, 2.05) is 28.7 Å². The van der Waals surface area contributed by atoms with Crippen LogP contribution >= 0.6 is 22.6 Å². The molecule has 20 heavy (non-hydrogen) atoms. The molecular formula is C12H11IN2O5. The molecule has 0 aliphatic heterocycles. The molecular weight excluding hydrogens is 379 g/mol. The van der Waals surface area contributed by atoms with Gasteiger partial charge in [0, 0.05) is 6.07 Å². The zero-order chi connectivity index (χ0) is 15.3. The van der Waals surface area contributed by atoms with Crippen LogP contribution in [-0.2, 0) is 9.53 Å². The van der Waals surface area contributed by atoms with E-state index in [9.17, 15) is 14.9 Å². The number of benzene rings is 1. The molecule has 0 amide bonds. The minimum Gasteiger partial charge on any atom is -0.474 e. The van der Waals surface area contributed by atoms with E-state index in [1.165, 1.54) is 6.07 Å². The van der Waals surface area contributed by atoms with Crippen LogP contribution in [0.1, 0.15) is 19.4 Å². The Morgan fingerprint density at radius 2 is 2.20 bits per heavy atom. The predicted molar refractivity (Wildman–Crippen MR) is 77.3 cm³/mol. The van der Waals surface area contributed by atoms with E-state index in [1.54, 1.807) is 13.8 Å². The molecule has 0 spiro atoms. The SMILES string of the molecule is CC(C)OC(=O)COc1c(I)cc(C#N)cc1[N+](=O)[O-]. The van der Waals surface area contributed by atoms with Gasteiger partial charge in [0.1, 0.15) is 0 Å². The molecule has 0 aliphatic rings. The summed E-state index contributed by atoms with van der Waals surface area (Å²) in [4.78, 5) is 21.7. The van der Waals surface area contributed by atoms with Gasteiger partial charge in [0.15, 0.2) is 6.61 Å². The Bertz CT molecular complexity index is 580. The van der Waals surface area contributed by atoms with Gasteiger partial charge < -0.3 is 9.47 Å². The summed E-state index contributed by atoms with van der Waals surface area (Å²) in [5, 5.41) is 19.7. The number of halogens is 1. The Labute approximate surface area is 128 Å². The van der Waals surface area contributed by atoms with Crippen molar-refractivity contribution in [1.82, 2.24) is 0 Å². The lowest BCUT2D eigenvalue weighted by Gasteiger charge is -2.10. The first kappa shape index (κ1) is 16.2. The van der Waals surface area contributed by atoms with Crippen molar-refractivity contribution < 1.29 is 19.2 Å². The van der Waals surface area contributed by atoms with Gasteiger partial charge in [0.05, 0.1) is 26.2 Å². The van der Waals surface area contributed by atoms with Crippen LogP contribution in [0.15, 0.2) is 12.1 Å². The molecule has 0 saturated heterocycles. The highest BCUT2D eigenvalue weighted by atomic mass is 127. The van der Waals surface area contributed by atoms with E-state index < -0.39 is 17.5 Å². The summed E-state index contributed by atoms with van der Waals surface area (Å²) in [6.45, 7) is 2.94. The van der Waals surface area contributed by atoms with Gasteiger partial charge in [-0.1, -0.05) is 0 Å². The predicted octanol–water partition coefficient (Wildman–Crippen LogP) is 2.40. The average molecular weight is 390 g/mol. The number of nitro groups is 1. The third-order valence-corrected chi connectivity index (χ3v) is 2.85. The van der Waals surface area contributed by atoms with Gasteiger partial charge in [-0.3, -0.25) is 10.1 Å². The maximum atomic E-state index is 11.4. The van der Waals surface area contributed by atoms with Crippen LogP contribution in [0.2, 0.25) is 0 Å². The number of nitrogens with zero attached hydrogens (tertiary/aromatic N) is 2. The van der Waals surface area contributed by atoms with Crippen LogP contribution in [0, 0.1) is 25.0 Å². The van der Waals surface area contributed by atoms with Gasteiger partial charge in [0.25, 0.3) is 0 Å². The molecule has 0 atom stereocenters. The molecule has 1 aromatic rings. The minimum atomic E-state index is -0.661. The topological polar surface area (TPSA) is 102 Å². The number of carbonyl (C=O) groups excluding carboxylic acids is 1. The lowest BCUT2D eigenvalue weighted by molar-refractivity contribution is -0.385. The maximum absolute atomic E-state index is 11.4. The molecule has 0 aliphatic carbocycles. The molecule has 0 bridgehead atoms. The second kappa shape index (κ2) is 7.04. The maximum Gasteiger partial charge on any atom is 0.344 e. The van der Waals surface area contributed by atoms with Crippen LogP contribution in [0.25, 0.3) is 0 Å². The van der Waals surface area contributed by atoms with Gasteiger partial charge in [-0.15, -0.1) is 0 Å². The number of carbonyl (C=O) groups is 1. The molecule has 8 heteroatoms. The van der Waals surface area contributed by atoms with E-state index in [0.29, 0.717) is 3.57 Å². The van der Waals surface area contributed by atoms with Crippen LogP contribution in [-0.4, -0.2) is 23.6 Å². The second-order valence-corrected chi connectivity index (χ2v) is 5.16. The number of rotatable bonds is 5. The molecule has 0 fully saturated rings.